The Morgan fingerprint density at radius 3 is 2.48 bits per heavy atom. The van der Waals surface area contributed by atoms with Crippen molar-refractivity contribution < 1.29 is 14.0 Å². The minimum atomic E-state index is -0.443. The molecule has 2 aromatic carbocycles. The molecule has 4 aromatic rings. The Morgan fingerprint density at radius 2 is 1.79 bits per heavy atom. The second-order valence-electron chi connectivity index (χ2n) is 7.59. The number of halogens is 2. The van der Waals surface area contributed by atoms with E-state index in [2.05, 4.69) is 26.2 Å². The number of carbonyl (C=O) groups excluding carboxylic acids is 2. The highest BCUT2D eigenvalue weighted by Gasteiger charge is 2.19. The Bertz CT molecular complexity index is 1420. The van der Waals surface area contributed by atoms with Gasteiger partial charge in [0.1, 0.15) is 12.4 Å². The average Bonchev–Trinajstić information content (AvgIpc) is 2.82. The van der Waals surface area contributed by atoms with Crippen molar-refractivity contribution in [3.8, 4) is 0 Å². The third kappa shape index (κ3) is 4.90. The number of aryl methyl sites for hydroxylation is 1. The van der Waals surface area contributed by atoms with Gasteiger partial charge in [-0.15, -0.1) is 0 Å². The fraction of sp³-hybridized carbons (Fsp3) is 0.120. The molecule has 0 aliphatic heterocycles. The van der Waals surface area contributed by atoms with Gasteiger partial charge in [-0.05, 0) is 54.4 Å². The first-order valence-corrected chi connectivity index (χ1v) is 10.9. The quantitative estimate of drug-likeness (QED) is 0.397. The third-order valence-corrected chi connectivity index (χ3v) is 6.12. The molecule has 0 aliphatic rings. The summed E-state index contributed by atoms with van der Waals surface area (Å²) in [7, 11) is 0. The highest BCUT2D eigenvalue weighted by molar-refractivity contribution is 9.10. The van der Waals surface area contributed by atoms with Crippen LogP contribution in [0.5, 0.6) is 0 Å². The predicted molar refractivity (Wildman–Crippen MR) is 127 cm³/mol. The first-order chi connectivity index (χ1) is 15.8. The molecule has 1 amide bonds. The van der Waals surface area contributed by atoms with E-state index in [1.54, 1.807) is 28.8 Å². The number of fused-ring (bicyclic) bond motifs is 1. The zero-order valence-corrected chi connectivity index (χ0v) is 19.2. The first kappa shape index (κ1) is 22.5. The fourth-order valence-corrected chi connectivity index (χ4v) is 3.82. The summed E-state index contributed by atoms with van der Waals surface area (Å²) in [5.41, 5.74) is 2.08. The largest absolute Gasteiger partial charge is 0.350 e. The first-order valence-electron chi connectivity index (χ1n) is 10.1. The number of benzene rings is 2. The Labute approximate surface area is 197 Å². The number of carbonyl (C=O) groups is 2. The lowest BCUT2D eigenvalue weighted by molar-refractivity contribution is -0.121. The van der Waals surface area contributed by atoms with Crippen LogP contribution >= 0.6 is 15.9 Å². The summed E-state index contributed by atoms with van der Waals surface area (Å²) in [6.07, 6.45) is 4.39. The van der Waals surface area contributed by atoms with Gasteiger partial charge in [-0.2, -0.15) is 0 Å². The van der Waals surface area contributed by atoms with Crippen LogP contribution in [-0.4, -0.2) is 21.2 Å². The molecule has 2 aromatic heterocycles. The summed E-state index contributed by atoms with van der Waals surface area (Å²) in [6.45, 7) is 2.00. The number of nitrogens with one attached hydrogen (secondary N) is 1. The van der Waals surface area contributed by atoms with Crippen molar-refractivity contribution in [2.75, 3.05) is 0 Å². The van der Waals surface area contributed by atoms with Crippen LogP contribution in [0.25, 0.3) is 10.9 Å². The van der Waals surface area contributed by atoms with Crippen molar-refractivity contribution in [3.05, 3.63) is 110 Å². The number of pyridine rings is 2. The molecule has 8 heteroatoms. The maximum Gasteiger partial charge on any atom is 0.240 e. The molecule has 4 rings (SSSR count). The maximum absolute atomic E-state index is 13.2. The summed E-state index contributed by atoms with van der Waals surface area (Å²) in [5, 5.41) is 3.12. The molecule has 33 heavy (non-hydrogen) atoms. The van der Waals surface area contributed by atoms with Gasteiger partial charge in [0.25, 0.3) is 0 Å². The summed E-state index contributed by atoms with van der Waals surface area (Å²) in [6, 6.07) is 12.4. The van der Waals surface area contributed by atoms with E-state index in [4.69, 9.17) is 0 Å². The molecule has 0 bridgehead atoms. The standard InChI is InChI=1S/C25H19BrFN3O3/c1-15-10-22-19(11-21(15)26)25(33)20(24(32)17-6-8-28-9-7-17)13-30(22)14-23(31)29-12-16-2-4-18(27)5-3-16/h2-11,13H,12,14H2,1H3,(H,29,31). The molecule has 0 radical (unpaired) electrons. The number of amides is 1. The van der Waals surface area contributed by atoms with E-state index < -0.39 is 11.2 Å². The van der Waals surface area contributed by atoms with Gasteiger partial charge in [0.2, 0.25) is 11.3 Å². The van der Waals surface area contributed by atoms with Crippen molar-refractivity contribution in [1.82, 2.24) is 14.9 Å². The monoisotopic (exact) mass is 507 g/mol. The molecule has 0 saturated heterocycles. The Kier molecular flexibility index (Phi) is 6.46. The van der Waals surface area contributed by atoms with Gasteiger partial charge in [-0.25, -0.2) is 4.39 Å². The van der Waals surface area contributed by atoms with Crippen LogP contribution in [0.1, 0.15) is 27.0 Å². The van der Waals surface area contributed by atoms with E-state index in [1.807, 2.05) is 6.92 Å². The van der Waals surface area contributed by atoms with Crippen LogP contribution in [0.4, 0.5) is 4.39 Å². The SMILES string of the molecule is Cc1cc2c(cc1Br)c(=O)c(C(=O)c1ccncc1)cn2CC(=O)NCc1ccc(F)cc1. The minimum absolute atomic E-state index is 0.0317. The molecular formula is C25H19BrFN3O3. The summed E-state index contributed by atoms with van der Waals surface area (Å²) in [5.74, 6) is -1.11. The van der Waals surface area contributed by atoms with Gasteiger partial charge in [0, 0.05) is 40.6 Å². The van der Waals surface area contributed by atoms with Crippen LogP contribution in [0, 0.1) is 12.7 Å². The van der Waals surface area contributed by atoms with Crippen molar-refractivity contribution in [2.45, 2.75) is 20.0 Å². The highest BCUT2D eigenvalue weighted by Crippen LogP contribution is 2.23. The van der Waals surface area contributed by atoms with Crippen LogP contribution in [0.3, 0.4) is 0 Å². The lowest BCUT2D eigenvalue weighted by atomic mass is 10.0. The fourth-order valence-electron chi connectivity index (χ4n) is 3.48. The molecule has 0 aliphatic carbocycles. The zero-order chi connectivity index (χ0) is 23.5. The van der Waals surface area contributed by atoms with E-state index >= 15 is 0 Å². The Balaban J connectivity index is 1.71. The number of hydrogen-bond acceptors (Lipinski definition) is 4. The topological polar surface area (TPSA) is 81.1 Å². The number of nitrogens with zero attached hydrogens (tertiary/aromatic N) is 2. The molecular weight excluding hydrogens is 489 g/mol. The molecule has 166 valence electrons. The molecule has 1 N–H and O–H groups in total. The molecule has 0 atom stereocenters. The van der Waals surface area contributed by atoms with Gasteiger partial charge in [0.15, 0.2) is 5.78 Å². The van der Waals surface area contributed by atoms with Crippen LogP contribution in [-0.2, 0) is 17.9 Å². The van der Waals surface area contributed by atoms with E-state index in [1.165, 1.54) is 42.9 Å². The second-order valence-corrected chi connectivity index (χ2v) is 8.44. The molecule has 6 nitrogen and oxygen atoms in total. The van der Waals surface area contributed by atoms with E-state index in [-0.39, 0.29) is 30.4 Å². The number of hydrogen-bond donors (Lipinski definition) is 1. The average molecular weight is 508 g/mol. The Morgan fingerprint density at radius 1 is 1.09 bits per heavy atom. The second kappa shape index (κ2) is 9.46. The molecule has 0 spiro atoms. The molecule has 0 fully saturated rings. The Hall–Kier alpha value is -3.65. The number of aromatic nitrogens is 2. The smallest absolute Gasteiger partial charge is 0.240 e. The van der Waals surface area contributed by atoms with Gasteiger partial charge in [-0.1, -0.05) is 28.1 Å². The van der Waals surface area contributed by atoms with Crippen molar-refractivity contribution >= 4 is 38.5 Å². The third-order valence-electron chi connectivity index (χ3n) is 5.26. The van der Waals surface area contributed by atoms with Crippen molar-refractivity contribution in [3.63, 3.8) is 0 Å². The van der Waals surface area contributed by atoms with E-state index in [0.29, 0.717) is 16.5 Å². The number of ketones is 1. The molecule has 0 saturated carbocycles. The van der Waals surface area contributed by atoms with Crippen molar-refractivity contribution in [1.29, 1.82) is 0 Å². The summed E-state index contributed by atoms with van der Waals surface area (Å²) < 4.78 is 15.4. The van der Waals surface area contributed by atoms with Crippen LogP contribution in [0.15, 0.2) is 76.4 Å². The summed E-state index contributed by atoms with van der Waals surface area (Å²) >= 11 is 3.44. The van der Waals surface area contributed by atoms with Crippen LogP contribution in [0.2, 0.25) is 0 Å². The van der Waals surface area contributed by atoms with Gasteiger partial charge in [0.05, 0.1) is 11.1 Å². The van der Waals surface area contributed by atoms with Gasteiger partial charge in [-0.3, -0.25) is 19.4 Å². The van der Waals surface area contributed by atoms with Gasteiger partial charge >= 0.3 is 0 Å². The van der Waals surface area contributed by atoms with E-state index in [9.17, 15) is 18.8 Å². The van der Waals surface area contributed by atoms with Gasteiger partial charge < -0.3 is 9.88 Å². The van der Waals surface area contributed by atoms with E-state index in [0.717, 1.165) is 15.6 Å². The number of rotatable bonds is 6. The zero-order valence-electron chi connectivity index (χ0n) is 17.6. The predicted octanol–water partition coefficient (Wildman–Crippen LogP) is 4.15. The highest BCUT2D eigenvalue weighted by atomic mass is 79.9. The lowest BCUT2D eigenvalue weighted by Gasteiger charge is -2.15. The lowest BCUT2D eigenvalue weighted by Crippen LogP contribution is -2.29. The molecule has 2 heterocycles. The summed E-state index contributed by atoms with van der Waals surface area (Å²) in [4.78, 5) is 42.8. The maximum atomic E-state index is 13.2. The molecule has 0 unspecified atom stereocenters. The minimum Gasteiger partial charge on any atom is -0.350 e. The van der Waals surface area contributed by atoms with Crippen LogP contribution < -0.4 is 10.7 Å². The van der Waals surface area contributed by atoms with Crippen molar-refractivity contribution in [2.24, 2.45) is 0 Å². The normalized spacial score (nSPS) is 10.9.